The lowest BCUT2D eigenvalue weighted by molar-refractivity contribution is 0.594. The third-order valence-corrected chi connectivity index (χ3v) is 3.74. The van der Waals surface area contributed by atoms with Crippen LogP contribution in [-0.2, 0) is 0 Å². The topological polar surface area (TPSA) is 24.9 Å². The van der Waals surface area contributed by atoms with Crippen LogP contribution in [0, 0.1) is 6.92 Å². The molecule has 1 N–H and O–H groups in total. The van der Waals surface area contributed by atoms with Crippen molar-refractivity contribution in [1.82, 2.24) is 4.98 Å². The summed E-state index contributed by atoms with van der Waals surface area (Å²) in [5.74, 6) is 0. The quantitative estimate of drug-likeness (QED) is 0.689. The molecule has 0 saturated heterocycles. The minimum absolute atomic E-state index is 0.511. The Morgan fingerprint density at radius 3 is 2.75 bits per heavy atom. The summed E-state index contributed by atoms with van der Waals surface area (Å²) >= 11 is 0. The Morgan fingerprint density at radius 2 is 1.95 bits per heavy atom. The summed E-state index contributed by atoms with van der Waals surface area (Å²) in [6.45, 7) is 6.59. The Balaban J connectivity index is 2.05. The normalized spacial score (nSPS) is 12.6. The Labute approximate surface area is 122 Å². The summed E-state index contributed by atoms with van der Waals surface area (Å²) < 4.78 is 0. The van der Waals surface area contributed by atoms with Gasteiger partial charge in [-0.1, -0.05) is 50.8 Å². The first-order chi connectivity index (χ1) is 9.70. The number of hydrogen-bond donors (Lipinski definition) is 1. The van der Waals surface area contributed by atoms with Crippen molar-refractivity contribution in [3.05, 3.63) is 36.0 Å². The largest absolute Gasteiger partial charge is 0.382 e. The van der Waals surface area contributed by atoms with Crippen LogP contribution < -0.4 is 5.32 Å². The maximum Gasteiger partial charge on any atom is 0.0725 e. The second-order valence-corrected chi connectivity index (χ2v) is 5.72. The molecule has 0 fully saturated rings. The van der Waals surface area contributed by atoms with E-state index in [-0.39, 0.29) is 0 Å². The van der Waals surface area contributed by atoms with Crippen LogP contribution in [0.15, 0.2) is 30.3 Å². The van der Waals surface area contributed by atoms with Crippen LogP contribution in [-0.4, -0.2) is 11.0 Å². The highest BCUT2D eigenvalue weighted by Gasteiger charge is 2.07. The van der Waals surface area contributed by atoms with Gasteiger partial charge in [-0.3, -0.25) is 4.98 Å². The van der Waals surface area contributed by atoms with E-state index in [9.17, 15) is 0 Å². The van der Waals surface area contributed by atoms with E-state index in [4.69, 9.17) is 0 Å². The highest BCUT2D eigenvalue weighted by atomic mass is 14.9. The molecule has 1 aromatic heterocycles. The van der Waals surface area contributed by atoms with Gasteiger partial charge in [0.25, 0.3) is 0 Å². The molecule has 108 valence electrons. The summed E-state index contributed by atoms with van der Waals surface area (Å²) in [5, 5.41) is 4.88. The SMILES string of the molecule is CCCCCCC(C)Nc1cc(C)nc2ccccc12. The van der Waals surface area contributed by atoms with Crippen molar-refractivity contribution < 1.29 is 0 Å². The summed E-state index contributed by atoms with van der Waals surface area (Å²) in [6.07, 6.45) is 6.54. The average Bonchev–Trinajstić information content (AvgIpc) is 2.43. The fraction of sp³-hybridized carbons (Fsp3) is 0.500. The number of pyridine rings is 1. The predicted molar refractivity (Wildman–Crippen MR) is 88.3 cm³/mol. The fourth-order valence-electron chi connectivity index (χ4n) is 2.64. The van der Waals surface area contributed by atoms with Gasteiger partial charge < -0.3 is 5.32 Å². The monoisotopic (exact) mass is 270 g/mol. The highest BCUT2D eigenvalue weighted by Crippen LogP contribution is 2.24. The van der Waals surface area contributed by atoms with Crippen molar-refractivity contribution in [2.24, 2.45) is 0 Å². The van der Waals surface area contributed by atoms with Crippen molar-refractivity contribution in [1.29, 1.82) is 0 Å². The van der Waals surface area contributed by atoms with Gasteiger partial charge in [-0.2, -0.15) is 0 Å². The van der Waals surface area contributed by atoms with E-state index in [1.54, 1.807) is 0 Å². The number of benzene rings is 1. The van der Waals surface area contributed by atoms with Gasteiger partial charge in [0, 0.05) is 22.8 Å². The molecule has 1 atom stereocenters. The molecule has 0 amide bonds. The lowest BCUT2D eigenvalue weighted by Gasteiger charge is -2.17. The van der Waals surface area contributed by atoms with E-state index < -0.39 is 0 Å². The van der Waals surface area contributed by atoms with Crippen LogP contribution in [0.4, 0.5) is 5.69 Å². The van der Waals surface area contributed by atoms with Crippen LogP contribution in [0.1, 0.15) is 51.6 Å². The number of unbranched alkanes of at least 4 members (excludes halogenated alkanes) is 3. The van der Waals surface area contributed by atoms with E-state index in [1.807, 2.05) is 6.07 Å². The van der Waals surface area contributed by atoms with Gasteiger partial charge in [-0.05, 0) is 32.4 Å². The van der Waals surface area contributed by atoms with Crippen molar-refractivity contribution in [3.63, 3.8) is 0 Å². The Kier molecular flexibility index (Phi) is 5.40. The molecule has 2 heteroatoms. The lowest BCUT2D eigenvalue weighted by atomic mass is 10.1. The van der Waals surface area contributed by atoms with Crippen molar-refractivity contribution >= 4 is 16.6 Å². The molecule has 0 aliphatic carbocycles. The zero-order chi connectivity index (χ0) is 14.4. The first kappa shape index (κ1) is 14.8. The first-order valence-electron chi connectivity index (χ1n) is 7.83. The molecule has 2 rings (SSSR count). The number of fused-ring (bicyclic) bond motifs is 1. The fourth-order valence-corrected chi connectivity index (χ4v) is 2.64. The molecule has 2 nitrogen and oxygen atoms in total. The van der Waals surface area contributed by atoms with Crippen LogP contribution in [0.25, 0.3) is 10.9 Å². The zero-order valence-corrected chi connectivity index (χ0v) is 12.9. The van der Waals surface area contributed by atoms with Gasteiger partial charge in [0.2, 0.25) is 0 Å². The van der Waals surface area contributed by atoms with E-state index in [0.29, 0.717) is 6.04 Å². The summed E-state index contributed by atoms with van der Waals surface area (Å²) in [5.41, 5.74) is 3.37. The number of hydrogen-bond acceptors (Lipinski definition) is 2. The summed E-state index contributed by atoms with van der Waals surface area (Å²) in [7, 11) is 0. The molecule has 1 unspecified atom stereocenters. The van der Waals surface area contributed by atoms with Crippen LogP contribution in [0.2, 0.25) is 0 Å². The lowest BCUT2D eigenvalue weighted by Crippen LogP contribution is -2.15. The van der Waals surface area contributed by atoms with Crippen molar-refractivity contribution in [2.75, 3.05) is 5.32 Å². The molecule has 2 aromatic rings. The van der Waals surface area contributed by atoms with Gasteiger partial charge in [0.15, 0.2) is 0 Å². The third-order valence-electron chi connectivity index (χ3n) is 3.74. The first-order valence-corrected chi connectivity index (χ1v) is 7.83. The molecule has 0 bridgehead atoms. The number of nitrogens with zero attached hydrogens (tertiary/aromatic N) is 1. The molecule has 0 aliphatic heterocycles. The molecule has 0 spiro atoms. The van der Waals surface area contributed by atoms with E-state index in [0.717, 1.165) is 11.2 Å². The van der Waals surface area contributed by atoms with E-state index in [1.165, 1.54) is 43.2 Å². The Morgan fingerprint density at radius 1 is 1.15 bits per heavy atom. The van der Waals surface area contributed by atoms with Crippen LogP contribution in [0.3, 0.4) is 0 Å². The summed E-state index contributed by atoms with van der Waals surface area (Å²) in [6, 6.07) is 11.0. The van der Waals surface area contributed by atoms with Gasteiger partial charge in [-0.15, -0.1) is 0 Å². The van der Waals surface area contributed by atoms with Gasteiger partial charge in [0.1, 0.15) is 0 Å². The number of nitrogens with one attached hydrogen (secondary N) is 1. The smallest absolute Gasteiger partial charge is 0.0725 e. The van der Waals surface area contributed by atoms with Gasteiger partial charge in [-0.25, -0.2) is 0 Å². The maximum atomic E-state index is 4.59. The standard InChI is InChI=1S/C18H26N2/c1-4-5-6-7-10-14(2)19-18-13-15(3)20-17-12-9-8-11-16(17)18/h8-9,11-14H,4-7,10H2,1-3H3,(H,19,20). The van der Waals surface area contributed by atoms with E-state index in [2.05, 4.69) is 55.3 Å². The molecule has 20 heavy (non-hydrogen) atoms. The molecule has 0 aliphatic rings. The van der Waals surface area contributed by atoms with Crippen molar-refractivity contribution in [2.45, 2.75) is 58.9 Å². The van der Waals surface area contributed by atoms with Crippen molar-refractivity contribution in [3.8, 4) is 0 Å². The molecule has 1 aromatic carbocycles. The number of aromatic nitrogens is 1. The summed E-state index contributed by atoms with van der Waals surface area (Å²) in [4.78, 5) is 4.59. The maximum absolute atomic E-state index is 4.59. The number of rotatable bonds is 7. The molecular weight excluding hydrogens is 244 g/mol. The van der Waals surface area contributed by atoms with Gasteiger partial charge in [0.05, 0.1) is 5.52 Å². The van der Waals surface area contributed by atoms with Crippen LogP contribution >= 0.6 is 0 Å². The Hall–Kier alpha value is -1.57. The minimum Gasteiger partial charge on any atom is -0.382 e. The molecular formula is C18H26N2. The Bertz CT molecular complexity index is 548. The second-order valence-electron chi connectivity index (χ2n) is 5.72. The number of anilines is 1. The second kappa shape index (κ2) is 7.28. The third kappa shape index (κ3) is 3.96. The molecule has 0 radical (unpaired) electrons. The minimum atomic E-state index is 0.511. The van der Waals surface area contributed by atoms with Gasteiger partial charge >= 0.3 is 0 Å². The molecule has 1 heterocycles. The number of para-hydroxylation sites is 1. The average molecular weight is 270 g/mol. The number of aryl methyl sites for hydroxylation is 1. The predicted octanol–water partition coefficient (Wildman–Crippen LogP) is 5.31. The molecule has 0 saturated carbocycles. The van der Waals surface area contributed by atoms with E-state index >= 15 is 0 Å². The van der Waals surface area contributed by atoms with Crippen LogP contribution in [0.5, 0.6) is 0 Å². The zero-order valence-electron chi connectivity index (χ0n) is 12.9. The highest BCUT2D eigenvalue weighted by molar-refractivity contribution is 5.91.